The molecule has 0 bridgehead atoms. The lowest BCUT2D eigenvalue weighted by Gasteiger charge is -2.31. The largest absolute Gasteiger partial charge is 0.370 e. The first-order chi connectivity index (χ1) is 10.5. The second-order valence-corrected chi connectivity index (χ2v) is 6.20. The lowest BCUT2D eigenvalue weighted by atomic mass is 10.00. The predicted octanol–water partition coefficient (Wildman–Crippen LogP) is -0.230. The first kappa shape index (κ1) is 16.6. The third-order valence-corrected chi connectivity index (χ3v) is 4.61. The van der Waals surface area contributed by atoms with Crippen LogP contribution in [0.3, 0.4) is 0 Å². The van der Waals surface area contributed by atoms with Crippen molar-refractivity contribution < 1.29 is 9.59 Å². The molecule has 22 heavy (non-hydrogen) atoms. The highest BCUT2D eigenvalue weighted by Gasteiger charge is 2.33. The first-order valence-corrected chi connectivity index (χ1v) is 8.09. The summed E-state index contributed by atoms with van der Waals surface area (Å²) in [6.07, 6.45) is 3.78. The van der Waals surface area contributed by atoms with E-state index in [0.29, 0.717) is 18.9 Å². The van der Waals surface area contributed by atoms with Gasteiger partial charge in [0.15, 0.2) is 5.96 Å². The van der Waals surface area contributed by atoms with Gasteiger partial charge < -0.3 is 20.9 Å². The van der Waals surface area contributed by atoms with Crippen LogP contribution in [0, 0.1) is 5.92 Å². The zero-order chi connectivity index (χ0) is 16.1. The number of carbonyl (C=O) groups is 2. The van der Waals surface area contributed by atoms with Crippen molar-refractivity contribution in [3.05, 3.63) is 0 Å². The second-order valence-electron chi connectivity index (χ2n) is 6.20. The number of hydrogen-bond donors (Lipinski definition) is 2. The topological polar surface area (TPSA) is 91.0 Å². The minimum atomic E-state index is -0.357. The van der Waals surface area contributed by atoms with Crippen molar-refractivity contribution in [2.45, 2.75) is 38.6 Å². The van der Waals surface area contributed by atoms with E-state index in [4.69, 9.17) is 5.73 Å². The maximum Gasteiger partial charge on any atom is 0.245 e. The van der Waals surface area contributed by atoms with Crippen LogP contribution in [0.2, 0.25) is 0 Å². The van der Waals surface area contributed by atoms with Gasteiger partial charge in [0.2, 0.25) is 11.8 Å². The van der Waals surface area contributed by atoms with E-state index >= 15 is 0 Å². The molecule has 2 aliphatic heterocycles. The molecule has 124 valence electrons. The molecule has 2 saturated heterocycles. The Morgan fingerprint density at radius 1 is 1.23 bits per heavy atom. The molecule has 0 aromatic carbocycles. The van der Waals surface area contributed by atoms with Gasteiger partial charge in [-0.25, -0.2) is 4.99 Å². The van der Waals surface area contributed by atoms with Crippen LogP contribution < -0.4 is 11.1 Å². The van der Waals surface area contributed by atoms with Gasteiger partial charge in [0.25, 0.3) is 0 Å². The average Bonchev–Trinajstić information content (AvgIpc) is 3.01. The Hall–Kier alpha value is -1.79. The van der Waals surface area contributed by atoms with Crippen LogP contribution in [0.15, 0.2) is 4.99 Å². The van der Waals surface area contributed by atoms with Gasteiger partial charge in [-0.3, -0.25) is 9.59 Å². The highest BCUT2D eigenvalue weighted by molar-refractivity contribution is 5.90. The summed E-state index contributed by atoms with van der Waals surface area (Å²) in [5.74, 6) is 0.937. The van der Waals surface area contributed by atoms with E-state index in [9.17, 15) is 9.59 Å². The molecule has 2 fully saturated rings. The summed E-state index contributed by atoms with van der Waals surface area (Å²) in [7, 11) is 1.59. The van der Waals surface area contributed by atoms with Gasteiger partial charge in [-0.05, 0) is 31.6 Å². The molecule has 0 aliphatic carbocycles. The van der Waals surface area contributed by atoms with E-state index in [0.717, 1.165) is 38.3 Å². The van der Waals surface area contributed by atoms with Crippen LogP contribution in [0.4, 0.5) is 0 Å². The van der Waals surface area contributed by atoms with Gasteiger partial charge in [-0.15, -0.1) is 0 Å². The van der Waals surface area contributed by atoms with Crippen LogP contribution in [0.25, 0.3) is 0 Å². The maximum atomic E-state index is 12.3. The van der Waals surface area contributed by atoms with E-state index in [1.807, 2.05) is 4.90 Å². The number of guanidine groups is 1. The van der Waals surface area contributed by atoms with Crippen molar-refractivity contribution in [3.63, 3.8) is 0 Å². The molecule has 0 aromatic rings. The molecule has 7 heteroatoms. The monoisotopic (exact) mass is 309 g/mol. The molecule has 2 amide bonds. The smallest absolute Gasteiger partial charge is 0.245 e. The van der Waals surface area contributed by atoms with Crippen LogP contribution >= 0.6 is 0 Å². The van der Waals surface area contributed by atoms with Crippen molar-refractivity contribution in [1.82, 2.24) is 15.1 Å². The third-order valence-electron chi connectivity index (χ3n) is 4.61. The number of carbonyl (C=O) groups excluding carboxylic acids is 2. The fourth-order valence-corrected chi connectivity index (χ4v) is 3.08. The lowest BCUT2D eigenvalue weighted by molar-refractivity contribution is -0.137. The Labute approximate surface area is 131 Å². The van der Waals surface area contributed by atoms with Crippen molar-refractivity contribution >= 4 is 17.8 Å². The van der Waals surface area contributed by atoms with Gasteiger partial charge in [0, 0.05) is 26.7 Å². The summed E-state index contributed by atoms with van der Waals surface area (Å²) in [4.78, 5) is 31.9. The van der Waals surface area contributed by atoms with E-state index in [-0.39, 0.29) is 24.4 Å². The summed E-state index contributed by atoms with van der Waals surface area (Å²) in [5.41, 5.74) is 5.99. The Morgan fingerprint density at radius 3 is 2.55 bits per heavy atom. The van der Waals surface area contributed by atoms with Gasteiger partial charge in [-0.1, -0.05) is 6.92 Å². The number of likely N-dealkylation sites (N-methyl/N-ethyl adjacent to an activating group) is 1. The van der Waals surface area contributed by atoms with Crippen molar-refractivity contribution in [2.75, 3.05) is 33.2 Å². The highest BCUT2D eigenvalue weighted by Crippen LogP contribution is 2.18. The molecule has 1 unspecified atom stereocenters. The van der Waals surface area contributed by atoms with Gasteiger partial charge >= 0.3 is 0 Å². The van der Waals surface area contributed by atoms with Crippen molar-refractivity contribution in [3.8, 4) is 0 Å². The molecular formula is C15H27N5O2. The second kappa shape index (κ2) is 7.47. The molecule has 0 spiro atoms. The Bertz CT molecular complexity index is 443. The quantitative estimate of drug-likeness (QED) is 0.556. The number of amides is 2. The zero-order valence-electron chi connectivity index (χ0n) is 13.5. The molecule has 2 rings (SSSR count). The fraction of sp³-hybridized carbons (Fsp3) is 0.800. The van der Waals surface area contributed by atoms with E-state index < -0.39 is 0 Å². The summed E-state index contributed by atoms with van der Waals surface area (Å²) in [6.45, 7) is 4.67. The number of nitrogens with zero attached hydrogens (tertiary/aromatic N) is 3. The van der Waals surface area contributed by atoms with E-state index in [2.05, 4.69) is 17.2 Å². The van der Waals surface area contributed by atoms with Gasteiger partial charge in [0.1, 0.15) is 12.6 Å². The fourth-order valence-electron chi connectivity index (χ4n) is 3.08. The van der Waals surface area contributed by atoms with Gasteiger partial charge in [-0.2, -0.15) is 0 Å². The first-order valence-electron chi connectivity index (χ1n) is 8.09. The maximum absolute atomic E-state index is 12.3. The number of aliphatic imine (C=N–C) groups is 1. The highest BCUT2D eigenvalue weighted by atomic mass is 16.2. The standard InChI is InChI=1S/C15H27N5O2/c1-11-5-8-19(9-6-11)15(16)18-10-13(21)20-7-3-4-12(20)14(22)17-2/h11-12H,3-10H2,1-2H3,(H2,16,18)(H,17,22). The summed E-state index contributed by atoms with van der Waals surface area (Å²) in [5, 5.41) is 2.61. The summed E-state index contributed by atoms with van der Waals surface area (Å²) < 4.78 is 0. The zero-order valence-corrected chi connectivity index (χ0v) is 13.5. The lowest BCUT2D eigenvalue weighted by Crippen LogP contribution is -2.46. The molecule has 0 aromatic heterocycles. The number of nitrogens with two attached hydrogens (primary N) is 1. The van der Waals surface area contributed by atoms with Crippen LogP contribution in [-0.4, -0.2) is 66.8 Å². The summed E-state index contributed by atoms with van der Waals surface area (Å²) >= 11 is 0. The third kappa shape index (κ3) is 3.90. The van der Waals surface area contributed by atoms with E-state index in [1.54, 1.807) is 11.9 Å². The molecule has 0 radical (unpaired) electrons. The predicted molar refractivity (Wildman–Crippen MR) is 85.3 cm³/mol. The summed E-state index contributed by atoms with van der Waals surface area (Å²) in [6, 6.07) is -0.357. The molecule has 2 heterocycles. The number of piperidine rings is 1. The number of nitrogens with one attached hydrogen (secondary N) is 1. The average molecular weight is 309 g/mol. The van der Waals surface area contributed by atoms with Crippen LogP contribution in [0.5, 0.6) is 0 Å². The van der Waals surface area contributed by atoms with Crippen LogP contribution in [0.1, 0.15) is 32.6 Å². The molecule has 3 N–H and O–H groups in total. The Balaban J connectivity index is 1.88. The minimum absolute atomic E-state index is 0.0192. The van der Waals surface area contributed by atoms with E-state index in [1.165, 1.54) is 0 Å². The molecule has 7 nitrogen and oxygen atoms in total. The SMILES string of the molecule is CNC(=O)C1CCCN1C(=O)CN=C(N)N1CCC(C)CC1. The van der Waals surface area contributed by atoms with Crippen molar-refractivity contribution in [1.29, 1.82) is 0 Å². The minimum Gasteiger partial charge on any atom is -0.370 e. The molecule has 0 saturated carbocycles. The Kier molecular flexibility index (Phi) is 5.63. The number of rotatable bonds is 3. The molecule has 2 aliphatic rings. The number of hydrogen-bond acceptors (Lipinski definition) is 3. The van der Waals surface area contributed by atoms with Crippen molar-refractivity contribution in [2.24, 2.45) is 16.6 Å². The molecule has 1 atom stereocenters. The Morgan fingerprint density at radius 2 is 1.91 bits per heavy atom. The molecular weight excluding hydrogens is 282 g/mol. The van der Waals surface area contributed by atoms with Crippen LogP contribution in [-0.2, 0) is 9.59 Å². The number of likely N-dealkylation sites (tertiary alicyclic amines) is 2. The normalized spacial score (nSPS) is 23.7. The van der Waals surface area contributed by atoms with Gasteiger partial charge in [0.05, 0.1) is 0 Å².